The van der Waals surface area contributed by atoms with Gasteiger partial charge in [-0.15, -0.1) is 0 Å². The average Bonchev–Trinajstić information content (AvgIpc) is 2.90. The monoisotopic (exact) mass is 289 g/mol. The number of likely N-dealkylation sites (tertiary alicyclic amines) is 1. The molecule has 1 saturated carbocycles. The summed E-state index contributed by atoms with van der Waals surface area (Å²) in [6, 6.07) is 10.1. The molecule has 0 spiro atoms. The van der Waals surface area contributed by atoms with E-state index in [4.69, 9.17) is 4.74 Å². The lowest BCUT2D eigenvalue weighted by atomic mass is 9.82. The zero-order chi connectivity index (χ0) is 14.5. The molecule has 0 bridgehead atoms. The largest absolute Gasteiger partial charge is 0.389 e. The summed E-state index contributed by atoms with van der Waals surface area (Å²) in [5.74, 6) is 1.77. The molecular formula is C18H27NO2. The molecule has 116 valence electrons. The van der Waals surface area contributed by atoms with E-state index in [1.54, 1.807) is 0 Å². The van der Waals surface area contributed by atoms with Crippen LogP contribution in [-0.4, -0.2) is 42.4 Å². The first-order valence-corrected chi connectivity index (χ1v) is 8.33. The second kappa shape index (κ2) is 7.39. The van der Waals surface area contributed by atoms with Gasteiger partial charge < -0.3 is 14.7 Å². The topological polar surface area (TPSA) is 32.7 Å². The normalized spacial score (nSPS) is 27.5. The maximum Gasteiger partial charge on any atom is 0.0900 e. The first-order chi connectivity index (χ1) is 10.3. The van der Waals surface area contributed by atoms with Gasteiger partial charge in [0, 0.05) is 19.6 Å². The summed E-state index contributed by atoms with van der Waals surface area (Å²) in [6.07, 6.45) is 5.22. The minimum Gasteiger partial charge on any atom is -0.389 e. The first-order valence-electron chi connectivity index (χ1n) is 8.33. The molecule has 3 atom stereocenters. The molecule has 1 saturated heterocycles. The quantitative estimate of drug-likeness (QED) is 0.874. The summed E-state index contributed by atoms with van der Waals surface area (Å²) < 4.78 is 5.63. The van der Waals surface area contributed by atoms with E-state index in [1.165, 1.54) is 38.8 Å². The van der Waals surface area contributed by atoms with Crippen LogP contribution in [0, 0.1) is 11.8 Å². The lowest BCUT2D eigenvalue weighted by Gasteiger charge is -2.23. The Morgan fingerprint density at radius 3 is 2.43 bits per heavy atom. The molecule has 2 fully saturated rings. The highest BCUT2D eigenvalue weighted by atomic mass is 16.5. The fraction of sp³-hybridized carbons (Fsp3) is 0.667. The Morgan fingerprint density at radius 2 is 1.76 bits per heavy atom. The summed E-state index contributed by atoms with van der Waals surface area (Å²) in [5, 5.41) is 10.2. The van der Waals surface area contributed by atoms with Crippen LogP contribution in [0.4, 0.5) is 0 Å². The van der Waals surface area contributed by atoms with Gasteiger partial charge in [-0.25, -0.2) is 0 Å². The van der Waals surface area contributed by atoms with E-state index in [0.717, 1.165) is 23.9 Å². The first kappa shape index (κ1) is 15.0. The molecule has 3 heteroatoms. The summed E-state index contributed by atoms with van der Waals surface area (Å²) in [6.45, 7) is 4.15. The van der Waals surface area contributed by atoms with E-state index >= 15 is 0 Å². The number of benzene rings is 1. The molecule has 1 aromatic rings. The van der Waals surface area contributed by atoms with Gasteiger partial charge in [-0.1, -0.05) is 43.2 Å². The van der Waals surface area contributed by atoms with Crippen molar-refractivity contribution in [3.63, 3.8) is 0 Å². The lowest BCUT2D eigenvalue weighted by molar-refractivity contribution is 0.0126. The molecule has 0 radical (unpaired) electrons. The predicted octanol–water partition coefficient (Wildman–Crippen LogP) is 2.69. The van der Waals surface area contributed by atoms with Crippen LogP contribution in [0.3, 0.4) is 0 Å². The van der Waals surface area contributed by atoms with E-state index in [0.29, 0.717) is 13.2 Å². The van der Waals surface area contributed by atoms with Crippen molar-refractivity contribution in [3.05, 3.63) is 35.9 Å². The number of nitrogens with zero attached hydrogens (tertiary/aromatic N) is 1. The van der Waals surface area contributed by atoms with Crippen LogP contribution in [-0.2, 0) is 11.3 Å². The molecule has 0 amide bonds. The highest BCUT2D eigenvalue weighted by Crippen LogP contribution is 2.35. The number of aliphatic hydroxyl groups excluding tert-OH is 1. The SMILES string of the molecule is OC(COCc1ccccc1)CN1CC2CCCCC2C1. The third kappa shape index (κ3) is 4.29. The number of hydrogen-bond acceptors (Lipinski definition) is 3. The van der Waals surface area contributed by atoms with Gasteiger partial charge in [-0.2, -0.15) is 0 Å². The van der Waals surface area contributed by atoms with Crippen LogP contribution in [0.1, 0.15) is 31.2 Å². The van der Waals surface area contributed by atoms with Crippen molar-refractivity contribution in [2.75, 3.05) is 26.2 Å². The van der Waals surface area contributed by atoms with Crippen LogP contribution in [0.15, 0.2) is 30.3 Å². The van der Waals surface area contributed by atoms with E-state index < -0.39 is 0 Å². The Hall–Kier alpha value is -0.900. The third-order valence-electron chi connectivity index (χ3n) is 4.94. The van der Waals surface area contributed by atoms with Gasteiger partial charge in [0.25, 0.3) is 0 Å². The molecule has 3 rings (SSSR count). The zero-order valence-electron chi connectivity index (χ0n) is 12.8. The number of fused-ring (bicyclic) bond motifs is 1. The minimum absolute atomic E-state index is 0.367. The van der Waals surface area contributed by atoms with Crippen LogP contribution in [0.25, 0.3) is 0 Å². The number of ether oxygens (including phenoxy) is 1. The lowest BCUT2D eigenvalue weighted by Crippen LogP contribution is -2.33. The second-order valence-corrected chi connectivity index (χ2v) is 6.68. The molecule has 1 aliphatic carbocycles. The van der Waals surface area contributed by atoms with Crippen molar-refractivity contribution in [2.45, 2.75) is 38.4 Å². The van der Waals surface area contributed by atoms with Gasteiger partial charge >= 0.3 is 0 Å². The van der Waals surface area contributed by atoms with Gasteiger partial charge in [0.1, 0.15) is 0 Å². The van der Waals surface area contributed by atoms with Crippen molar-refractivity contribution in [1.82, 2.24) is 4.90 Å². The molecule has 2 aliphatic rings. The fourth-order valence-corrected chi connectivity index (χ4v) is 3.89. The van der Waals surface area contributed by atoms with E-state index in [9.17, 15) is 5.11 Å². The highest BCUT2D eigenvalue weighted by molar-refractivity contribution is 5.13. The summed E-state index contributed by atoms with van der Waals surface area (Å²) in [5.41, 5.74) is 1.16. The molecule has 1 aliphatic heterocycles. The fourth-order valence-electron chi connectivity index (χ4n) is 3.89. The smallest absolute Gasteiger partial charge is 0.0900 e. The number of hydrogen-bond donors (Lipinski definition) is 1. The van der Waals surface area contributed by atoms with Crippen molar-refractivity contribution in [1.29, 1.82) is 0 Å². The van der Waals surface area contributed by atoms with Crippen LogP contribution >= 0.6 is 0 Å². The maximum atomic E-state index is 10.2. The van der Waals surface area contributed by atoms with Gasteiger partial charge in [0.05, 0.1) is 19.3 Å². The minimum atomic E-state index is -0.367. The molecule has 3 unspecified atom stereocenters. The third-order valence-corrected chi connectivity index (χ3v) is 4.94. The van der Waals surface area contributed by atoms with Crippen molar-refractivity contribution >= 4 is 0 Å². The highest BCUT2D eigenvalue weighted by Gasteiger charge is 2.34. The van der Waals surface area contributed by atoms with Crippen LogP contribution in [0.5, 0.6) is 0 Å². The Labute approximate surface area is 127 Å². The van der Waals surface area contributed by atoms with E-state index in [2.05, 4.69) is 17.0 Å². The summed E-state index contributed by atoms with van der Waals surface area (Å²) >= 11 is 0. The van der Waals surface area contributed by atoms with Crippen LogP contribution in [0.2, 0.25) is 0 Å². The molecule has 3 nitrogen and oxygen atoms in total. The Bertz CT molecular complexity index is 408. The van der Waals surface area contributed by atoms with Gasteiger partial charge in [-0.3, -0.25) is 0 Å². The van der Waals surface area contributed by atoms with Crippen molar-refractivity contribution in [3.8, 4) is 0 Å². The summed E-state index contributed by atoms with van der Waals surface area (Å²) in [4.78, 5) is 2.44. The molecule has 1 heterocycles. The number of aliphatic hydroxyl groups is 1. The van der Waals surface area contributed by atoms with Crippen molar-refractivity contribution in [2.24, 2.45) is 11.8 Å². The second-order valence-electron chi connectivity index (χ2n) is 6.68. The number of rotatable bonds is 6. The molecule has 21 heavy (non-hydrogen) atoms. The Kier molecular flexibility index (Phi) is 5.28. The molecule has 1 aromatic carbocycles. The standard InChI is InChI=1S/C18H27NO2/c20-18(14-21-13-15-6-2-1-3-7-15)12-19-10-16-8-4-5-9-17(16)11-19/h1-3,6-7,16-18,20H,4-5,8-14H2. The maximum absolute atomic E-state index is 10.2. The van der Waals surface area contributed by atoms with Gasteiger partial charge in [-0.05, 0) is 30.2 Å². The summed E-state index contributed by atoms with van der Waals surface area (Å²) in [7, 11) is 0. The van der Waals surface area contributed by atoms with E-state index in [1.807, 2.05) is 18.2 Å². The zero-order valence-corrected chi connectivity index (χ0v) is 12.8. The molecule has 0 aromatic heterocycles. The molecular weight excluding hydrogens is 262 g/mol. The average molecular weight is 289 g/mol. The van der Waals surface area contributed by atoms with Crippen molar-refractivity contribution < 1.29 is 9.84 Å². The van der Waals surface area contributed by atoms with Gasteiger partial charge in [0.2, 0.25) is 0 Å². The van der Waals surface area contributed by atoms with Gasteiger partial charge in [0.15, 0.2) is 0 Å². The van der Waals surface area contributed by atoms with E-state index in [-0.39, 0.29) is 6.10 Å². The number of β-amino-alcohol motifs (C(OH)–C–C–N with tert-alkyl or cyclic N) is 1. The Balaban J connectivity index is 1.36. The molecule has 1 N–H and O–H groups in total. The Morgan fingerprint density at radius 1 is 1.10 bits per heavy atom. The van der Waals surface area contributed by atoms with Crippen LogP contribution < -0.4 is 0 Å². The predicted molar refractivity (Wildman–Crippen MR) is 84.0 cm³/mol.